The van der Waals surface area contributed by atoms with Crippen LogP contribution in [-0.2, 0) is 0 Å². The summed E-state index contributed by atoms with van der Waals surface area (Å²) in [6.45, 7) is 0. The maximum absolute atomic E-state index is 4.88. The second kappa shape index (κ2) is 5.74. The molecule has 4 aromatic rings. The van der Waals surface area contributed by atoms with E-state index in [0.29, 0.717) is 18.0 Å². The third-order valence-electron chi connectivity index (χ3n) is 5.71. The number of anilines is 1. The van der Waals surface area contributed by atoms with E-state index in [2.05, 4.69) is 37.0 Å². The molecule has 0 bridgehead atoms. The first-order chi connectivity index (χ1) is 13.3. The molecule has 0 unspecified atom stereocenters. The van der Waals surface area contributed by atoms with Crippen molar-refractivity contribution in [3.8, 4) is 0 Å². The molecule has 6 rings (SSSR count). The highest BCUT2D eigenvalue weighted by Crippen LogP contribution is 2.45. The summed E-state index contributed by atoms with van der Waals surface area (Å²) in [4.78, 5) is 18.5. The molecule has 2 saturated carbocycles. The first-order valence-electron chi connectivity index (χ1n) is 9.66. The molecule has 2 fully saturated rings. The van der Waals surface area contributed by atoms with Gasteiger partial charge in [0.1, 0.15) is 17.2 Å². The van der Waals surface area contributed by atoms with Crippen molar-refractivity contribution in [1.82, 2.24) is 24.5 Å². The third-order valence-corrected chi connectivity index (χ3v) is 5.71. The van der Waals surface area contributed by atoms with Crippen LogP contribution in [0.1, 0.15) is 43.5 Å². The van der Waals surface area contributed by atoms with Gasteiger partial charge in [0.25, 0.3) is 0 Å². The summed E-state index contributed by atoms with van der Waals surface area (Å²) in [6.07, 6.45) is 8.32. The highest BCUT2D eigenvalue weighted by atomic mass is 15.2. The highest BCUT2D eigenvalue weighted by molar-refractivity contribution is 5.76. The fraction of sp³-hybridized carbons (Fsp3) is 0.333. The van der Waals surface area contributed by atoms with E-state index in [1.165, 1.54) is 18.7 Å². The predicted octanol–water partition coefficient (Wildman–Crippen LogP) is 4.07. The molecule has 6 nitrogen and oxygen atoms in total. The number of aromatic nitrogens is 5. The van der Waals surface area contributed by atoms with Gasteiger partial charge in [0.05, 0.1) is 0 Å². The molecular weight excluding hydrogens is 336 g/mol. The Bertz CT molecular complexity index is 1140. The number of rotatable bonds is 4. The van der Waals surface area contributed by atoms with Crippen LogP contribution >= 0.6 is 0 Å². The molecule has 0 aliphatic heterocycles. The van der Waals surface area contributed by atoms with Crippen molar-refractivity contribution in [1.29, 1.82) is 0 Å². The molecule has 0 amide bonds. The number of fused-ring (bicyclic) bond motifs is 2. The highest BCUT2D eigenvalue weighted by Gasteiger charge is 2.37. The smallest absolute Gasteiger partial charge is 0.161 e. The van der Waals surface area contributed by atoms with Gasteiger partial charge in [-0.25, -0.2) is 19.9 Å². The fourth-order valence-electron chi connectivity index (χ4n) is 4.10. The van der Waals surface area contributed by atoms with E-state index in [1.54, 1.807) is 6.20 Å². The number of nitrogens with zero attached hydrogens (tertiary/aromatic N) is 5. The minimum Gasteiger partial charge on any atom is -0.367 e. The molecule has 4 aromatic heterocycles. The minimum atomic E-state index is 0.428. The summed E-state index contributed by atoms with van der Waals surface area (Å²) >= 11 is 0. The van der Waals surface area contributed by atoms with Crippen LogP contribution in [0.4, 0.5) is 5.82 Å². The first kappa shape index (κ1) is 15.1. The number of hydrogen-bond acceptors (Lipinski definition) is 5. The van der Waals surface area contributed by atoms with Gasteiger partial charge in [-0.3, -0.25) is 0 Å². The molecule has 0 saturated heterocycles. The topological polar surface area (TPSA) is 68.5 Å². The zero-order valence-corrected chi connectivity index (χ0v) is 14.9. The Morgan fingerprint density at radius 3 is 2.67 bits per heavy atom. The van der Waals surface area contributed by atoms with Crippen LogP contribution in [0.25, 0.3) is 22.2 Å². The second-order valence-electron chi connectivity index (χ2n) is 7.67. The summed E-state index contributed by atoms with van der Waals surface area (Å²) in [7, 11) is 0. The summed E-state index contributed by atoms with van der Waals surface area (Å²) in [6, 6.07) is 13.0. The number of imidazole rings is 1. The molecule has 2 aliphatic carbocycles. The molecular formula is C21H20N6. The number of hydrogen-bond donors (Lipinski definition) is 1. The summed E-state index contributed by atoms with van der Waals surface area (Å²) in [5.41, 5.74) is 2.85. The first-order valence-corrected chi connectivity index (χ1v) is 9.66. The Labute approximate surface area is 156 Å². The summed E-state index contributed by atoms with van der Waals surface area (Å²) in [5.74, 6) is 2.76. The molecule has 0 aromatic carbocycles. The second-order valence-corrected chi connectivity index (χ2v) is 7.67. The SMILES string of the molecule is c1cnc2nc(N[C@H]3C[C@H](n4c(C5CC5)nc5cccnc54)C3)ccc2c1. The molecule has 0 spiro atoms. The van der Waals surface area contributed by atoms with E-state index in [4.69, 9.17) is 4.98 Å². The van der Waals surface area contributed by atoms with Crippen LogP contribution in [0.3, 0.4) is 0 Å². The summed E-state index contributed by atoms with van der Waals surface area (Å²) < 4.78 is 2.40. The Morgan fingerprint density at radius 1 is 0.926 bits per heavy atom. The van der Waals surface area contributed by atoms with Crippen LogP contribution < -0.4 is 5.32 Å². The van der Waals surface area contributed by atoms with Gasteiger partial charge in [0, 0.05) is 35.8 Å². The lowest BCUT2D eigenvalue weighted by atomic mass is 9.86. The van der Waals surface area contributed by atoms with Gasteiger partial charge in [-0.15, -0.1) is 0 Å². The average molecular weight is 356 g/mol. The lowest BCUT2D eigenvalue weighted by Crippen LogP contribution is -2.37. The molecule has 134 valence electrons. The maximum Gasteiger partial charge on any atom is 0.161 e. The van der Waals surface area contributed by atoms with Crippen molar-refractivity contribution in [3.05, 3.63) is 54.6 Å². The van der Waals surface area contributed by atoms with Crippen molar-refractivity contribution >= 4 is 28.0 Å². The summed E-state index contributed by atoms with van der Waals surface area (Å²) in [5, 5.41) is 4.64. The van der Waals surface area contributed by atoms with Gasteiger partial charge in [-0.2, -0.15) is 0 Å². The lowest BCUT2D eigenvalue weighted by molar-refractivity contribution is 0.281. The third kappa shape index (κ3) is 2.55. The van der Waals surface area contributed by atoms with E-state index in [1.807, 2.05) is 30.5 Å². The van der Waals surface area contributed by atoms with Gasteiger partial charge in [-0.1, -0.05) is 0 Å². The van der Waals surface area contributed by atoms with Crippen molar-refractivity contribution in [2.75, 3.05) is 5.32 Å². The molecule has 1 N–H and O–H groups in total. The fourth-order valence-corrected chi connectivity index (χ4v) is 4.10. The minimum absolute atomic E-state index is 0.428. The van der Waals surface area contributed by atoms with Gasteiger partial charge < -0.3 is 9.88 Å². The molecule has 0 atom stereocenters. The molecule has 27 heavy (non-hydrogen) atoms. The lowest BCUT2D eigenvalue weighted by Gasteiger charge is -2.38. The average Bonchev–Trinajstić information content (AvgIpc) is 3.45. The Kier molecular flexibility index (Phi) is 3.21. The van der Waals surface area contributed by atoms with Gasteiger partial charge in [0.2, 0.25) is 0 Å². The molecule has 6 heteroatoms. The Balaban J connectivity index is 1.23. The standard InChI is InChI=1S/C21H20N6/c1-3-13-7-8-18(26-19(13)22-9-1)24-15-11-16(12-15)27-20(14-5-6-14)25-17-4-2-10-23-21(17)27/h1-4,7-10,14-16H,5-6,11-12H2,(H,22,24,26)/t15-,16-. The zero-order valence-electron chi connectivity index (χ0n) is 14.9. The van der Waals surface area contributed by atoms with E-state index >= 15 is 0 Å². The van der Waals surface area contributed by atoms with Gasteiger partial charge >= 0.3 is 0 Å². The zero-order chi connectivity index (χ0) is 17.8. The van der Waals surface area contributed by atoms with Crippen LogP contribution in [0.2, 0.25) is 0 Å². The van der Waals surface area contributed by atoms with Gasteiger partial charge in [0.15, 0.2) is 11.3 Å². The van der Waals surface area contributed by atoms with E-state index < -0.39 is 0 Å². The molecule has 4 heterocycles. The number of nitrogens with one attached hydrogen (secondary N) is 1. The molecule has 0 radical (unpaired) electrons. The van der Waals surface area contributed by atoms with Crippen LogP contribution in [0.5, 0.6) is 0 Å². The van der Waals surface area contributed by atoms with Crippen molar-refractivity contribution in [2.24, 2.45) is 0 Å². The van der Waals surface area contributed by atoms with Crippen molar-refractivity contribution < 1.29 is 0 Å². The van der Waals surface area contributed by atoms with E-state index in [0.717, 1.165) is 40.9 Å². The van der Waals surface area contributed by atoms with E-state index in [-0.39, 0.29) is 0 Å². The normalized spacial score (nSPS) is 22.1. The van der Waals surface area contributed by atoms with Crippen molar-refractivity contribution in [3.63, 3.8) is 0 Å². The van der Waals surface area contributed by atoms with Crippen molar-refractivity contribution in [2.45, 2.75) is 43.7 Å². The quantitative estimate of drug-likeness (QED) is 0.597. The monoisotopic (exact) mass is 356 g/mol. The van der Waals surface area contributed by atoms with E-state index in [9.17, 15) is 0 Å². The van der Waals surface area contributed by atoms with Crippen LogP contribution in [0.15, 0.2) is 48.8 Å². The maximum atomic E-state index is 4.88. The Hall–Kier alpha value is -3.02. The van der Waals surface area contributed by atoms with Gasteiger partial charge in [-0.05, 0) is 62.1 Å². The Morgan fingerprint density at radius 2 is 1.78 bits per heavy atom. The van der Waals surface area contributed by atoms with Crippen LogP contribution in [-0.4, -0.2) is 30.5 Å². The predicted molar refractivity (Wildman–Crippen MR) is 105 cm³/mol. The number of pyridine rings is 3. The van der Waals surface area contributed by atoms with Crippen LogP contribution in [0, 0.1) is 0 Å². The molecule has 2 aliphatic rings. The largest absolute Gasteiger partial charge is 0.367 e.